The smallest absolute Gasteiger partial charge is 0.349 e. The molecule has 0 aromatic heterocycles. The van der Waals surface area contributed by atoms with E-state index in [4.69, 9.17) is 9.47 Å². The third kappa shape index (κ3) is 5.10. The highest BCUT2D eigenvalue weighted by Gasteiger charge is 2.24. The van der Waals surface area contributed by atoms with Gasteiger partial charge in [-0.2, -0.15) is 11.8 Å². The topological polar surface area (TPSA) is 52.6 Å². The summed E-state index contributed by atoms with van der Waals surface area (Å²) in [6.07, 6.45) is 0. The number of carbonyl (C=O) groups is 2. The first-order valence-corrected chi connectivity index (χ1v) is 9.66. The van der Waals surface area contributed by atoms with Crippen molar-refractivity contribution in [1.29, 1.82) is 0 Å². The molecule has 4 nitrogen and oxygen atoms in total. The number of ether oxygens (including phenoxy) is 2. The average Bonchev–Trinajstić information content (AvgIpc) is 2.54. The van der Waals surface area contributed by atoms with Gasteiger partial charge in [0.25, 0.3) is 0 Å². The molecule has 1 heterocycles. The van der Waals surface area contributed by atoms with Gasteiger partial charge < -0.3 is 9.47 Å². The SMILES string of the molecule is C=C(C)C(=O)OCC(=O)Oc1ccc([S+]2CCSCC2)cc1. The maximum Gasteiger partial charge on any atom is 0.349 e. The summed E-state index contributed by atoms with van der Waals surface area (Å²) in [7, 11) is 0.316. The highest BCUT2D eigenvalue weighted by Crippen LogP contribution is 2.23. The molecule has 0 aliphatic carbocycles. The van der Waals surface area contributed by atoms with E-state index >= 15 is 0 Å². The van der Waals surface area contributed by atoms with Gasteiger partial charge in [0.1, 0.15) is 17.3 Å². The van der Waals surface area contributed by atoms with Crippen LogP contribution in [0, 0.1) is 0 Å². The van der Waals surface area contributed by atoms with Crippen molar-refractivity contribution in [1.82, 2.24) is 0 Å². The predicted octanol–water partition coefficient (Wildman–Crippen LogP) is 2.44. The highest BCUT2D eigenvalue weighted by molar-refractivity contribution is 8.05. The molecule has 1 saturated heterocycles. The van der Waals surface area contributed by atoms with Crippen LogP contribution in [0.3, 0.4) is 0 Å². The quantitative estimate of drug-likeness (QED) is 0.357. The molecule has 1 aromatic rings. The fraction of sp³-hybridized carbons (Fsp3) is 0.375. The Balaban J connectivity index is 1.84. The fourth-order valence-electron chi connectivity index (χ4n) is 1.87. The number of carbonyl (C=O) groups excluding carboxylic acids is 2. The highest BCUT2D eigenvalue weighted by atomic mass is 32.2. The molecule has 0 spiro atoms. The Labute approximate surface area is 137 Å². The molecule has 1 aliphatic rings. The summed E-state index contributed by atoms with van der Waals surface area (Å²) >= 11 is 2.00. The Kier molecular flexibility index (Phi) is 6.39. The molecule has 0 unspecified atom stereocenters. The van der Waals surface area contributed by atoms with Crippen LogP contribution >= 0.6 is 11.8 Å². The number of rotatable bonds is 5. The third-order valence-electron chi connectivity index (χ3n) is 3.01. The summed E-state index contributed by atoms with van der Waals surface area (Å²) in [4.78, 5) is 24.1. The number of esters is 2. The van der Waals surface area contributed by atoms with E-state index in [1.165, 1.54) is 34.8 Å². The van der Waals surface area contributed by atoms with Gasteiger partial charge in [0, 0.05) is 28.0 Å². The summed E-state index contributed by atoms with van der Waals surface area (Å²) in [6.45, 7) is 4.56. The van der Waals surface area contributed by atoms with Crippen LogP contribution in [0.15, 0.2) is 41.3 Å². The second kappa shape index (κ2) is 8.29. The van der Waals surface area contributed by atoms with Crippen LogP contribution in [0.4, 0.5) is 0 Å². The zero-order valence-corrected chi connectivity index (χ0v) is 14.1. The summed E-state index contributed by atoms with van der Waals surface area (Å²) in [5.74, 6) is 4.15. The number of benzene rings is 1. The van der Waals surface area contributed by atoms with Gasteiger partial charge in [0.2, 0.25) is 0 Å². The van der Waals surface area contributed by atoms with E-state index in [1.807, 2.05) is 23.9 Å². The second-order valence-electron chi connectivity index (χ2n) is 4.82. The zero-order chi connectivity index (χ0) is 15.9. The van der Waals surface area contributed by atoms with Crippen molar-refractivity contribution in [2.24, 2.45) is 0 Å². The molecule has 0 bridgehead atoms. The van der Waals surface area contributed by atoms with Crippen molar-refractivity contribution in [3.8, 4) is 5.75 Å². The lowest BCUT2D eigenvalue weighted by atomic mass is 10.3. The monoisotopic (exact) mass is 339 g/mol. The molecule has 1 fully saturated rings. The zero-order valence-electron chi connectivity index (χ0n) is 12.5. The molecular formula is C16H19O4S2+. The van der Waals surface area contributed by atoms with Crippen molar-refractivity contribution >= 4 is 34.6 Å². The van der Waals surface area contributed by atoms with Crippen LogP contribution in [-0.2, 0) is 25.2 Å². The average molecular weight is 339 g/mol. The molecule has 6 heteroatoms. The lowest BCUT2D eigenvalue weighted by molar-refractivity contribution is -0.150. The van der Waals surface area contributed by atoms with E-state index < -0.39 is 18.5 Å². The van der Waals surface area contributed by atoms with Gasteiger partial charge in [-0.1, -0.05) is 6.58 Å². The van der Waals surface area contributed by atoms with Gasteiger partial charge in [-0.05, 0) is 31.2 Å². The minimum Gasteiger partial charge on any atom is -0.450 e. The van der Waals surface area contributed by atoms with E-state index in [2.05, 4.69) is 6.58 Å². The Morgan fingerprint density at radius 2 is 1.86 bits per heavy atom. The number of hydrogen-bond donors (Lipinski definition) is 0. The lowest BCUT2D eigenvalue weighted by Crippen LogP contribution is -2.21. The molecule has 0 N–H and O–H groups in total. The molecule has 0 saturated carbocycles. The number of hydrogen-bond acceptors (Lipinski definition) is 5. The molecule has 1 aliphatic heterocycles. The molecule has 0 radical (unpaired) electrons. The van der Waals surface area contributed by atoms with Crippen LogP contribution in [-0.4, -0.2) is 41.6 Å². The van der Waals surface area contributed by atoms with Crippen molar-refractivity contribution < 1.29 is 19.1 Å². The maximum absolute atomic E-state index is 11.6. The summed E-state index contributed by atoms with van der Waals surface area (Å²) in [6, 6.07) is 7.62. The first kappa shape index (κ1) is 17.0. The second-order valence-corrected chi connectivity index (χ2v) is 8.31. The van der Waals surface area contributed by atoms with Gasteiger partial charge in [-0.25, -0.2) is 9.59 Å². The first-order valence-electron chi connectivity index (χ1n) is 6.95. The van der Waals surface area contributed by atoms with Crippen molar-refractivity contribution in [2.45, 2.75) is 11.8 Å². The van der Waals surface area contributed by atoms with E-state index in [-0.39, 0.29) is 5.57 Å². The first-order chi connectivity index (χ1) is 10.6. The normalized spacial score (nSPS) is 15.1. The summed E-state index contributed by atoms with van der Waals surface area (Å²) in [5, 5.41) is 0. The molecule has 118 valence electrons. The van der Waals surface area contributed by atoms with Crippen molar-refractivity contribution in [2.75, 3.05) is 29.6 Å². The van der Waals surface area contributed by atoms with Crippen LogP contribution in [0.2, 0.25) is 0 Å². The van der Waals surface area contributed by atoms with Crippen molar-refractivity contribution in [3.05, 3.63) is 36.4 Å². The molecule has 22 heavy (non-hydrogen) atoms. The van der Waals surface area contributed by atoms with Gasteiger partial charge in [0.15, 0.2) is 11.5 Å². The molecular weight excluding hydrogens is 320 g/mol. The van der Waals surface area contributed by atoms with Crippen LogP contribution in [0.1, 0.15) is 6.92 Å². The standard InChI is InChI=1S/C16H19O4S2/c1-12(2)16(18)19-11-15(17)20-13-3-5-14(6-4-13)22-9-7-21-8-10-22/h3-6H,1,7-11H2,2H3/q+1. The van der Waals surface area contributed by atoms with Crippen molar-refractivity contribution in [3.63, 3.8) is 0 Å². The maximum atomic E-state index is 11.6. The van der Waals surface area contributed by atoms with Crippen LogP contribution in [0.25, 0.3) is 0 Å². The minimum atomic E-state index is -0.598. The van der Waals surface area contributed by atoms with Gasteiger partial charge in [-0.3, -0.25) is 0 Å². The Morgan fingerprint density at radius 1 is 1.23 bits per heavy atom. The van der Waals surface area contributed by atoms with Gasteiger partial charge in [0.05, 0.1) is 0 Å². The fourth-order valence-corrected chi connectivity index (χ4v) is 5.82. The Morgan fingerprint density at radius 3 is 2.45 bits per heavy atom. The number of thioether (sulfide) groups is 1. The molecule has 0 atom stereocenters. The minimum absolute atomic E-state index is 0.254. The molecule has 0 amide bonds. The largest absolute Gasteiger partial charge is 0.450 e. The molecule has 1 aromatic carbocycles. The van der Waals surface area contributed by atoms with E-state index in [0.717, 1.165) is 0 Å². The molecule has 2 rings (SSSR count). The summed E-state index contributed by atoms with van der Waals surface area (Å²) in [5.41, 5.74) is 0.254. The van der Waals surface area contributed by atoms with E-state index in [9.17, 15) is 9.59 Å². The van der Waals surface area contributed by atoms with E-state index in [0.29, 0.717) is 16.6 Å². The van der Waals surface area contributed by atoms with Gasteiger partial charge >= 0.3 is 11.9 Å². The lowest BCUT2D eigenvalue weighted by Gasteiger charge is -2.13. The Hall–Kier alpha value is -1.40. The van der Waals surface area contributed by atoms with Gasteiger partial charge in [-0.15, -0.1) is 0 Å². The van der Waals surface area contributed by atoms with E-state index in [1.54, 1.807) is 12.1 Å². The third-order valence-corrected chi connectivity index (χ3v) is 6.84. The summed E-state index contributed by atoms with van der Waals surface area (Å²) < 4.78 is 9.88. The predicted molar refractivity (Wildman–Crippen MR) is 90.5 cm³/mol. The Bertz CT molecular complexity index is 548. The van der Waals surface area contributed by atoms with Crippen LogP contribution in [0.5, 0.6) is 5.75 Å². The van der Waals surface area contributed by atoms with Crippen LogP contribution < -0.4 is 4.74 Å².